The standard InChI is InChI=1S/C13H11NO5/c1-7-9(4-5-19-7)12(16)14-11-3-2-8(15)6-10(11)13(17)18/h2-6,15H,1H3,(H,14,16)(H,17,18). The Morgan fingerprint density at radius 2 is 1.95 bits per heavy atom. The first-order valence-corrected chi connectivity index (χ1v) is 5.41. The zero-order valence-corrected chi connectivity index (χ0v) is 10.0. The number of aromatic hydroxyl groups is 1. The zero-order chi connectivity index (χ0) is 14.0. The summed E-state index contributed by atoms with van der Waals surface area (Å²) in [5.41, 5.74) is 0.245. The van der Waals surface area contributed by atoms with Crippen LogP contribution in [0.5, 0.6) is 5.75 Å². The molecule has 1 aromatic heterocycles. The Hall–Kier alpha value is -2.76. The molecule has 0 saturated carbocycles. The third-order valence-electron chi connectivity index (χ3n) is 2.59. The van der Waals surface area contributed by atoms with Gasteiger partial charge in [0.15, 0.2) is 0 Å². The lowest BCUT2D eigenvalue weighted by Crippen LogP contribution is -2.15. The third-order valence-corrected chi connectivity index (χ3v) is 2.59. The number of anilines is 1. The van der Waals surface area contributed by atoms with Gasteiger partial charge in [-0.15, -0.1) is 0 Å². The molecule has 19 heavy (non-hydrogen) atoms. The van der Waals surface area contributed by atoms with Gasteiger partial charge in [-0.1, -0.05) is 0 Å². The maximum Gasteiger partial charge on any atom is 0.337 e. The van der Waals surface area contributed by atoms with Crippen molar-refractivity contribution in [2.24, 2.45) is 0 Å². The van der Waals surface area contributed by atoms with Crippen molar-refractivity contribution in [3.05, 3.63) is 47.4 Å². The summed E-state index contributed by atoms with van der Waals surface area (Å²) in [7, 11) is 0. The van der Waals surface area contributed by atoms with E-state index in [0.29, 0.717) is 11.3 Å². The molecule has 1 amide bonds. The molecule has 3 N–H and O–H groups in total. The molecule has 0 radical (unpaired) electrons. The first-order valence-electron chi connectivity index (χ1n) is 5.41. The first-order chi connectivity index (χ1) is 8.99. The summed E-state index contributed by atoms with van der Waals surface area (Å²) in [5, 5.41) is 20.7. The van der Waals surface area contributed by atoms with E-state index >= 15 is 0 Å². The second-order valence-corrected chi connectivity index (χ2v) is 3.88. The summed E-state index contributed by atoms with van der Waals surface area (Å²) < 4.78 is 5.00. The molecular weight excluding hydrogens is 250 g/mol. The van der Waals surface area contributed by atoms with Gasteiger partial charge in [0.2, 0.25) is 0 Å². The molecule has 0 saturated heterocycles. The minimum Gasteiger partial charge on any atom is -0.508 e. The molecule has 2 rings (SSSR count). The van der Waals surface area contributed by atoms with Crippen molar-refractivity contribution in [2.75, 3.05) is 5.32 Å². The van der Waals surface area contributed by atoms with Gasteiger partial charge in [-0.3, -0.25) is 4.79 Å². The van der Waals surface area contributed by atoms with Crippen molar-refractivity contribution < 1.29 is 24.2 Å². The molecule has 0 fully saturated rings. The summed E-state index contributed by atoms with van der Waals surface area (Å²) in [6.07, 6.45) is 1.37. The number of carbonyl (C=O) groups is 2. The van der Waals surface area contributed by atoms with Crippen LogP contribution in [0.2, 0.25) is 0 Å². The van der Waals surface area contributed by atoms with E-state index in [9.17, 15) is 14.7 Å². The molecule has 0 aliphatic heterocycles. The van der Waals surface area contributed by atoms with Crippen LogP contribution in [-0.2, 0) is 0 Å². The van der Waals surface area contributed by atoms with Gasteiger partial charge in [-0.05, 0) is 31.2 Å². The highest BCUT2D eigenvalue weighted by molar-refractivity contribution is 6.08. The number of rotatable bonds is 3. The van der Waals surface area contributed by atoms with E-state index in [1.807, 2.05) is 0 Å². The van der Waals surface area contributed by atoms with Gasteiger partial charge < -0.3 is 19.9 Å². The Kier molecular flexibility index (Phi) is 3.24. The van der Waals surface area contributed by atoms with Crippen LogP contribution in [0, 0.1) is 6.92 Å². The maximum absolute atomic E-state index is 11.9. The second-order valence-electron chi connectivity index (χ2n) is 3.88. The summed E-state index contributed by atoms with van der Waals surface area (Å²) in [6.45, 7) is 1.63. The fourth-order valence-corrected chi connectivity index (χ4v) is 1.63. The van der Waals surface area contributed by atoms with Gasteiger partial charge in [0.1, 0.15) is 11.5 Å². The maximum atomic E-state index is 11.9. The lowest BCUT2D eigenvalue weighted by atomic mass is 10.1. The highest BCUT2D eigenvalue weighted by atomic mass is 16.4. The Balaban J connectivity index is 2.32. The molecule has 1 aromatic carbocycles. The molecule has 0 spiro atoms. The van der Waals surface area contributed by atoms with E-state index in [0.717, 1.165) is 6.07 Å². The van der Waals surface area contributed by atoms with Gasteiger partial charge in [-0.25, -0.2) is 4.79 Å². The zero-order valence-electron chi connectivity index (χ0n) is 10.0. The van der Waals surface area contributed by atoms with Crippen molar-refractivity contribution in [1.82, 2.24) is 0 Å². The number of carbonyl (C=O) groups excluding carboxylic acids is 1. The molecule has 0 aliphatic carbocycles. The van der Waals surface area contributed by atoms with E-state index in [-0.39, 0.29) is 17.0 Å². The first kappa shape index (κ1) is 12.7. The monoisotopic (exact) mass is 261 g/mol. The molecule has 6 heteroatoms. The van der Waals surface area contributed by atoms with Crippen LogP contribution in [0.4, 0.5) is 5.69 Å². The summed E-state index contributed by atoms with van der Waals surface area (Å²) >= 11 is 0. The van der Waals surface area contributed by atoms with Crippen LogP contribution >= 0.6 is 0 Å². The van der Waals surface area contributed by atoms with E-state index in [2.05, 4.69) is 5.32 Å². The van der Waals surface area contributed by atoms with Gasteiger partial charge in [0, 0.05) is 0 Å². The summed E-state index contributed by atoms with van der Waals surface area (Å²) in [5.74, 6) is -1.46. The molecular formula is C13H11NO5. The average molecular weight is 261 g/mol. The van der Waals surface area contributed by atoms with Crippen LogP contribution < -0.4 is 5.32 Å². The highest BCUT2D eigenvalue weighted by Gasteiger charge is 2.16. The fourth-order valence-electron chi connectivity index (χ4n) is 1.63. The van der Waals surface area contributed by atoms with Crippen molar-refractivity contribution in [2.45, 2.75) is 6.92 Å². The van der Waals surface area contributed by atoms with Crippen LogP contribution in [0.15, 0.2) is 34.9 Å². The number of hydrogen-bond acceptors (Lipinski definition) is 4. The smallest absolute Gasteiger partial charge is 0.337 e. The Labute approximate surface area is 108 Å². The molecule has 0 aliphatic rings. The quantitative estimate of drug-likeness (QED) is 0.736. The Morgan fingerprint density at radius 3 is 2.53 bits per heavy atom. The normalized spacial score (nSPS) is 10.2. The number of phenols is 1. The van der Waals surface area contributed by atoms with E-state index in [4.69, 9.17) is 9.52 Å². The van der Waals surface area contributed by atoms with Crippen LogP contribution in [-0.4, -0.2) is 22.1 Å². The minimum atomic E-state index is -1.24. The lowest BCUT2D eigenvalue weighted by Gasteiger charge is -2.08. The predicted octanol–water partition coefficient (Wildman–Crippen LogP) is 2.24. The number of amides is 1. The predicted molar refractivity (Wildman–Crippen MR) is 66.5 cm³/mol. The van der Waals surface area contributed by atoms with E-state index < -0.39 is 11.9 Å². The molecule has 2 aromatic rings. The number of hydrogen-bond donors (Lipinski definition) is 3. The van der Waals surface area contributed by atoms with Gasteiger partial charge in [-0.2, -0.15) is 0 Å². The number of aryl methyl sites for hydroxylation is 1. The van der Waals surface area contributed by atoms with Crippen LogP contribution in [0.3, 0.4) is 0 Å². The lowest BCUT2D eigenvalue weighted by molar-refractivity contribution is 0.0697. The van der Waals surface area contributed by atoms with E-state index in [1.54, 1.807) is 6.92 Å². The number of phenolic OH excluding ortho intramolecular Hbond substituents is 1. The van der Waals surface area contributed by atoms with E-state index in [1.165, 1.54) is 24.5 Å². The van der Waals surface area contributed by atoms with Gasteiger partial charge >= 0.3 is 5.97 Å². The highest BCUT2D eigenvalue weighted by Crippen LogP contribution is 2.22. The van der Waals surface area contributed by atoms with Gasteiger partial charge in [0.05, 0.1) is 23.1 Å². The van der Waals surface area contributed by atoms with Gasteiger partial charge in [0.25, 0.3) is 5.91 Å². The number of carboxylic acid groups (broad SMARTS) is 1. The fraction of sp³-hybridized carbons (Fsp3) is 0.0769. The molecule has 0 unspecified atom stereocenters. The summed E-state index contributed by atoms with van der Waals surface area (Å²) in [4.78, 5) is 23.0. The molecule has 6 nitrogen and oxygen atoms in total. The average Bonchev–Trinajstić information content (AvgIpc) is 2.77. The van der Waals surface area contributed by atoms with Crippen molar-refractivity contribution in [3.63, 3.8) is 0 Å². The van der Waals surface area contributed by atoms with Crippen molar-refractivity contribution in [1.29, 1.82) is 0 Å². The van der Waals surface area contributed by atoms with Crippen LogP contribution in [0.25, 0.3) is 0 Å². The molecule has 0 atom stereocenters. The largest absolute Gasteiger partial charge is 0.508 e. The third kappa shape index (κ3) is 2.57. The second kappa shape index (κ2) is 4.85. The number of carboxylic acids is 1. The molecule has 0 bridgehead atoms. The summed E-state index contributed by atoms with van der Waals surface area (Å²) in [6, 6.07) is 5.18. The number of aromatic carboxylic acids is 1. The Bertz CT molecular complexity index is 644. The Morgan fingerprint density at radius 1 is 1.21 bits per heavy atom. The minimum absolute atomic E-state index is 0.107. The number of benzene rings is 1. The SMILES string of the molecule is Cc1occc1C(=O)Nc1ccc(O)cc1C(=O)O. The topological polar surface area (TPSA) is 99.8 Å². The number of nitrogens with one attached hydrogen (secondary N) is 1. The van der Waals surface area contributed by atoms with Crippen LogP contribution in [0.1, 0.15) is 26.5 Å². The molecule has 98 valence electrons. The van der Waals surface area contributed by atoms with Crippen molar-refractivity contribution in [3.8, 4) is 5.75 Å². The number of furan rings is 1. The molecule has 1 heterocycles. The van der Waals surface area contributed by atoms with Crippen molar-refractivity contribution >= 4 is 17.6 Å².